The molecule has 1 atom stereocenters. The Kier molecular flexibility index (Phi) is 7.43. The third-order valence-corrected chi connectivity index (χ3v) is 4.86. The van der Waals surface area contributed by atoms with Gasteiger partial charge in [-0.2, -0.15) is 0 Å². The number of aromatic nitrogens is 1. The molecule has 3 rings (SSSR count). The number of carbonyl (C=O) groups excluding carboxylic acids is 2. The van der Waals surface area contributed by atoms with Gasteiger partial charge in [0.25, 0.3) is 5.91 Å². The van der Waals surface area contributed by atoms with Crippen LogP contribution >= 0.6 is 11.6 Å². The lowest BCUT2D eigenvalue weighted by Crippen LogP contribution is -2.43. The van der Waals surface area contributed by atoms with Gasteiger partial charge in [0.15, 0.2) is 0 Å². The van der Waals surface area contributed by atoms with Gasteiger partial charge < -0.3 is 19.5 Å². The average molecular weight is 419 g/mol. The minimum Gasteiger partial charge on any atom is -0.473 e. The molecule has 0 saturated carbocycles. The number of nitrogens with zero attached hydrogens (tertiary/aromatic N) is 1. The lowest BCUT2D eigenvalue weighted by molar-refractivity contribution is -0.142. The zero-order valence-electron chi connectivity index (χ0n) is 16.1. The number of amides is 1. The fourth-order valence-corrected chi connectivity index (χ4v) is 3.23. The Bertz CT molecular complexity index is 840. The van der Waals surface area contributed by atoms with Crippen molar-refractivity contribution in [1.29, 1.82) is 0 Å². The van der Waals surface area contributed by atoms with Gasteiger partial charge in [0.05, 0.1) is 25.9 Å². The van der Waals surface area contributed by atoms with Crippen molar-refractivity contribution in [3.05, 3.63) is 58.7 Å². The quantitative estimate of drug-likeness (QED) is 0.696. The van der Waals surface area contributed by atoms with Crippen molar-refractivity contribution in [1.82, 2.24) is 10.3 Å². The molecule has 2 aromatic rings. The molecule has 2 heterocycles. The standard InChI is InChI=1S/C21H23ClN2O5/c1-27-21(26)18(11-14-5-3-2-4-6-14)24-19(25)15-12-17(22)20(23-13-15)29-16-7-9-28-10-8-16/h2-6,12-13,16,18H,7-11H2,1H3,(H,24,25)/t18-/m0/s1. The predicted molar refractivity (Wildman–Crippen MR) is 107 cm³/mol. The van der Waals surface area contributed by atoms with Gasteiger partial charge >= 0.3 is 5.97 Å². The maximum Gasteiger partial charge on any atom is 0.328 e. The molecule has 1 aliphatic heterocycles. The van der Waals surface area contributed by atoms with Crippen LogP contribution in [-0.4, -0.2) is 49.3 Å². The van der Waals surface area contributed by atoms with E-state index in [1.807, 2.05) is 30.3 Å². The molecule has 0 radical (unpaired) electrons. The van der Waals surface area contributed by atoms with E-state index in [1.54, 1.807) is 0 Å². The highest BCUT2D eigenvalue weighted by Crippen LogP contribution is 2.25. The fourth-order valence-electron chi connectivity index (χ4n) is 3.01. The number of hydrogen-bond donors (Lipinski definition) is 1. The Balaban J connectivity index is 1.67. The van der Waals surface area contributed by atoms with E-state index in [4.69, 9.17) is 25.8 Å². The normalized spacial score (nSPS) is 15.4. The van der Waals surface area contributed by atoms with Crippen LogP contribution in [0, 0.1) is 0 Å². The number of methoxy groups -OCH3 is 1. The summed E-state index contributed by atoms with van der Waals surface area (Å²) < 4.78 is 15.9. The maximum absolute atomic E-state index is 12.6. The van der Waals surface area contributed by atoms with Gasteiger partial charge in [-0.05, 0) is 11.6 Å². The molecule has 154 valence electrons. The highest BCUT2D eigenvalue weighted by Gasteiger charge is 2.24. The van der Waals surface area contributed by atoms with Crippen LogP contribution in [0.5, 0.6) is 5.88 Å². The molecular formula is C21H23ClN2O5. The summed E-state index contributed by atoms with van der Waals surface area (Å²) in [5, 5.41) is 2.93. The van der Waals surface area contributed by atoms with E-state index in [1.165, 1.54) is 19.4 Å². The van der Waals surface area contributed by atoms with Crippen molar-refractivity contribution in [2.45, 2.75) is 31.4 Å². The number of rotatable bonds is 7. The second-order valence-corrected chi connectivity index (χ2v) is 7.09. The van der Waals surface area contributed by atoms with Crippen molar-refractivity contribution >= 4 is 23.5 Å². The molecule has 1 fully saturated rings. The molecule has 1 aromatic heterocycles. The van der Waals surface area contributed by atoms with E-state index < -0.39 is 17.9 Å². The molecule has 8 heteroatoms. The molecule has 0 aliphatic carbocycles. The number of benzene rings is 1. The van der Waals surface area contributed by atoms with E-state index in [9.17, 15) is 9.59 Å². The summed E-state index contributed by atoms with van der Waals surface area (Å²) in [6.07, 6.45) is 3.21. The van der Waals surface area contributed by atoms with E-state index in [0.29, 0.717) is 19.6 Å². The monoisotopic (exact) mass is 418 g/mol. The Labute approximate surface area is 174 Å². The summed E-state index contributed by atoms with van der Waals surface area (Å²) in [5.41, 5.74) is 1.14. The lowest BCUT2D eigenvalue weighted by atomic mass is 10.1. The second-order valence-electron chi connectivity index (χ2n) is 6.68. The molecule has 1 saturated heterocycles. The van der Waals surface area contributed by atoms with Crippen molar-refractivity contribution in [3.63, 3.8) is 0 Å². The summed E-state index contributed by atoms with van der Waals surface area (Å²) in [4.78, 5) is 28.9. The summed E-state index contributed by atoms with van der Waals surface area (Å²) >= 11 is 6.26. The molecule has 7 nitrogen and oxygen atoms in total. The Morgan fingerprint density at radius 2 is 2.00 bits per heavy atom. The van der Waals surface area contributed by atoms with Gasteiger partial charge in [0.1, 0.15) is 17.2 Å². The van der Waals surface area contributed by atoms with Gasteiger partial charge in [0, 0.05) is 25.5 Å². The van der Waals surface area contributed by atoms with E-state index >= 15 is 0 Å². The summed E-state index contributed by atoms with van der Waals surface area (Å²) in [6.45, 7) is 1.28. The van der Waals surface area contributed by atoms with Gasteiger partial charge in [-0.15, -0.1) is 0 Å². The third kappa shape index (κ3) is 5.92. The van der Waals surface area contributed by atoms with Crippen molar-refractivity contribution in [2.24, 2.45) is 0 Å². The number of pyridine rings is 1. The highest BCUT2D eigenvalue weighted by atomic mass is 35.5. The molecule has 0 bridgehead atoms. The first-order chi connectivity index (χ1) is 14.1. The predicted octanol–water partition coefficient (Wildman–Crippen LogP) is 2.81. The van der Waals surface area contributed by atoms with Gasteiger partial charge in [-0.1, -0.05) is 41.9 Å². The van der Waals surface area contributed by atoms with Crippen LogP contribution in [0.3, 0.4) is 0 Å². The minimum atomic E-state index is -0.827. The van der Waals surface area contributed by atoms with Crippen LogP contribution in [-0.2, 0) is 20.7 Å². The lowest BCUT2D eigenvalue weighted by Gasteiger charge is -2.23. The second kappa shape index (κ2) is 10.2. The van der Waals surface area contributed by atoms with E-state index in [2.05, 4.69) is 10.3 Å². The zero-order chi connectivity index (χ0) is 20.6. The van der Waals surface area contributed by atoms with Crippen LogP contribution in [0.2, 0.25) is 5.02 Å². The third-order valence-electron chi connectivity index (χ3n) is 4.59. The van der Waals surface area contributed by atoms with Crippen molar-refractivity contribution in [3.8, 4) is 5.88 Å². The highest BCUT2D eigenvalue weighted by molar-refractivity contribution is 6.32. The largest absolute Gasteiger partial charge is 0.473 e. The number of nitrogens with one attached hydrogen (secondary N) is 1. The summed E-state index contributed by atoms with van der Waals surface area (Å²) in [6, 6.07) is 10.0. The molecule has 0 spiro atoms. The first kappa shape index (κ1) is 21.1. The summed E-state index contributed by atoms with van der Waals surface area (Å²) in [7, 11) is 1.29. The molecule has 29 heavy (non-hydrogen) atoms. The molecular weight excluding hydrogens is 396 g/mol. The zero-order valence-corrected chi connectivity index (χ0v) is 16.9. The molecule has 1 amide bonds. The maximum atomic E-state index is 12.6. The molecule has 1 N–H and O–H groups in total. The number of halogens is 1. The fraction of sp³-hybridized carbons (Fsp3) is 0.381. The number of hydrogen-bond acceptors (Lipinski definition) is 6. The topological polar surface area (TPSA) is 86.8 Å². The van der Waals surface area contributed by atoms with Crippen LogP contribution in [0.25, 0.3) is 0 Å². The minimum absolute atomic E-state index is 0.0111. The van der Waals surface area contributed by atoms with Gasteiger partial charge in [-0.25, -0.2) is 9.78 Å². The number of ether oxygens (including phenoxy) is 3. The summed E-state index contributed by atoms with van der Waals surface area (Å²) in [5.74, 6) is -0.715. The first-order valence-corrected chi connectivity index (χ1v) is 9.77. The van der Waals surface area contributed by atoms with Crippen LogP contribution in [0.1, 0.15) is 28.8 Å². The Morgan fingerprint density at radius 3 is 2.66 bits per heavy atom. The van der Waals surface area contributed by atoms with E-state index in [-0.39, 0.29) is 22.6 Å². The van der Waals surface area contributed by atoms with Gasteiger partial charge in [0.2, 0.25) is 5.88 Å². The smallest absolute Gasteiger partial charge is 0.328 e. The number of esters is 1. The first-order valence-electron chi connectivity index (χ1n) is 9.39. The molecule has 1 aromatic carbocycles. The van der Waals surface area contributed by atoms with Crippen molar-refractivity contribution < 1.29 is 23.8 Å². The molecule has 1 aliphatic rings. The van der Waals surface area contributed by atoms with E-state index in [0.717, 1.165) is 18.4 Å². The van der Waals surface area contributed by atoms with Gasteiger partial charge in [-0.3, -0.25) is 4.79 Å². The average Bonchev–Trinajstić information content (AvgIpc) is 2.75. The Hall–Kier alpha value is -2.64. The van der Waals surface area contributed by atoms with Crippen molar-refractivity contribution in [2.75, 3.05) is 20.3 Å². The van der Waals surface area contributed by atoms with Crippen LogP contribution < -0.4 is 10.1 Å². The van der Waals surface area contributed by atoms with Crippen LogP contribution in [0.4, 0.5) is 0 Å². The number of carbonyl (C=O) groups is 2. The molecule has 0 unspecified atom stereocenters. The van der Waals surface area contributed by atoms with Crippen LogP contribution in [0.15, 0.2) is 42.6 Å². The Morgan fingerprint density at radius 1 is 1.28 bits per heavy atom. The SMILES string of the molecule is COC(=O)[C@H](Cc1ccccc1)NC(=O)c1cnc(OC2CCOCC2)c(Cl)c1.